The van der Waals surface area contributed by atoms with Crippen LogP contribution in [0.1, 0.15) is 50.3 Å². The predicted octanol–water partition coefficient (Wildman–Crippen LogP) is 3.87. The Bertz CT molecular complexity index is 419. The van der Waals surface area contributed by atoms with Gasteiger partial charge in [0, 0.05) is 25.7 Å². The molecule has 108 valence electrons. The molecule has 0 aromatic carbocycles. The highest BCUT2D eigenvalue weighted by Gasteiger charge is 2.26. The highest BCUT2D eigenvalue weighted by Crippen LogP contribution is 2.33. The molecule has 0 bridgehead atoms. The summed E-state index contributed by atoms with van der Waals surface area (Å²) < 4.78 is 1.99. The molecule has 2 rings (SSSR count). The fourth-order valence-corrected chi connectivity index (χ4v) is 3.71. The van der Waals surface area contributed by atoms with E-state index in [1.54, 1.807) is 0 Å². The molecule has 1 aliphatic carbocycles. The molecule has 1 saturated carbocycles. The molecule has 19 heavy (non-hydrogen) atoms. The number of halogens is 1. The fourth-order valence-electron chi connectivity index (χ4n) is 3.40. The first-order chi connectivity index (χ1) is 9.08. The van der Waals surface area contributed by atoms with Crippen molar-refractivity contribution in [2.75, 3.05) is 11.9 Å². The van der Waals surface area contributed by atoms with Crippen molar-refractivity contribution in [1.29, 1.82) is 0 Å². The van der Waals surface area contributed by atoms with Crippen LogP contribution in [0.2, 0.25) is 0 Å². The van der Waals surface area contributed by atoms with Gasteiger partial charge in [-0.3, -0.25) is 4.68 Å². The quantitative estimate of drug-likeness (QED) is 0.782. The maximum absolute atomic E-state index is 6.10. The van der Waals surface area contributed by atoms with Gasteiger partial charge in [-0.05, 0) is 38.5 Å². The van der Waals surface area contributed by atoms with Crippen molar-refractivity contribution in [3.63, 3.8) is 0 Å². The average Bonchev–Trinajstić information content (AvgIpc) is 2.72. The second-order valence-electron chi connectivity index (χ2n) is 5.84. The first-order valence-corrected chi connectivity index (χ1v) is 7.93. The maximum Gasteiger partial charge on any atom is 0.131 e. The standard InChI is InChI=1S/C15H26ClN3/c1-5-12-6-8-13(9-7-12)18(3)15-14(10-16)11(2)17-19(15)4/h12-13H,5-10H2,1-4H3. The molecule has 1 aromatic heterocycles. The van der Waals surface area contributed by atoms with Crippen LogP contribution in [-0.2, 0) is 12.9 Å². The van der Waals surface area contributed by atoms with Crippen LogP contribution in [0, 0.1) is 12.8 Å². The van der Waals surface area contributed by atoms with Crippen molar-refractivity contribution in [3.8, 4) is 0 Å². The lowest BCUT2D eigenvalue weighted by Crippen LogP contribution is -2.36. The summed E-state index contributed by atoms with van der Waals surface area (Å²) in [5, 5.41) is 4.52. The molecule has 0 spiro atoms. The van der Waals surface area contributed by atoms with Crippen LogP contribution in [0.4, 0.5) is 5.82 Å². The van der Waals surface area contributed by atoms with Gasteiger partial charge in [0.05, 0.1) is 11.6 Å². The van der Waals surface area contributed by atoms with Gasteiger partial charge in [-0.2, -0.15) is 5.10 Å². The van der Waals surface area contributed by atoms with E-state index in [1.165, 1.54) is 43.5 Å². The normalized spacial score (nSPS) is 23.6. The van der Waals surface area contributed by atoms with E-state index < -0.39 is 0 Å². The average molecular weight is 284 g/mol. The number of aromatic nitrogens is 2. The summed E-state index contributed by atoms with van der Waals surface area (Å²) in [5.41, 5.74) is 2.24. The number of hydrogen-bond acceptors (Lipinski definition) is 2. The Kier molecular flexibility index (Phi) is 4.77. The van der Waals surface area contributed by atoms with E-state index >= 15 is 0 Å². The van der Waals surface area contributed by atoms with E-state index in [4.69, 9.17) is 11.6 Å². The van der Waals surface area contributed by atoms with Gasteiger partial charge in [-0.15, -0.1) is 11.6 Å². The lowest BCUT2D eigenvalue weighted by Gasteiger charge is -2.36. The van der Waals surface area contributed by atoms with Gasteiger partial charge in [0.2, 0.25) is 0 Å². The van der Waals surface area contributed by atoms with Gasteiger partial charge in [0.15, 0.2) is 0 Å². The van der Waals surface area contributed by atoms with Crippen LogP contribution in [0.15, 0.2) is 0 Å². The Balaban J connectivity index is 2.14. The summed E-state index contributed by atoms with van der Waals surface area (Å²) in [6.45, 7) is 4.35. The summed E-state index contributed by atoms with van der Waals surface area (Å²) in [6.07, 6.45) is 6.63. The molecule has 0 saturated heterocycles. The third-order valence-electron chi connectivity index (χ3n) is 4.72. The van der Waals surface area contributed by atoms with E-state index in [0.717, 1.165) is 11.6 Å². The molecular weight excluding hydrogens is 258 g/mol. The largest absolute Gasteiger partial charge is 0.357 e. The van der Waals surface area contributed by atoms with E-state index in [2.05, 4.69) is 24.0 Å². The Morgan fingerprint density at radius 1 is 1.32 bits per heavy atom. The van der Waals surface area contributed by atoms with Crippen molar-refractivity contribution in [1.82, 2.24) is 9.78 Å². The van der Waals surface area contributed by atoms with Crippen LogP contribution >= 0.6 is 11.6 Å². The number of rotatable bonds is 4. The van der Waals surface area contributed by atoms with Gasteiger partial charge >= 0.3 is 0 Å². The van der Waals surface area contributed by atoms with Crippen molar-refractivity contribution in [2.24, 2.45) is 13.0 Å². The summed E-state index contributed by atoms with van der Waals surface area (Å²) >= 11 is 6.10. The molecule has 3 nitrogen and oxygen atoms in total. The smallest absolute Gasteiger partial charge is 0.131 e. The van der Waals surface area contributed by atoms with Gasteiger partial charge in [0.25, 0.3) is 0 Å². The van der Waals surface area contributed by atoms with Crippen molar-refractivity contribution in [2.45, 2.75) is 57.9 Å². The molecule has 0 atom stereocenters. The second kappa shape index (κ2) is 6.17. The SMILES string of the molecule is CCC1CCC(N(C)c2c(CCl)c(C)nn2C)CC1. The van der Waals surface area contributed by atoms with E-state index in [1.807, 2.05) is 18.7 Å². The molecule has 0 amide bonds. The molecule has 1 aliphatic rings. The number of anilines is 1. The Labute approximate surface area is 121 Å². The topological polar surface area (TPSA) is 21.1 Å². The molecule has 1 heterocycles. The minimum absolute atomic E-state index is 0.545. The number of alkyl halides is 1. The highest BCUT2D eigenvalue weighted by atomic mass is 35.5. The number of hydrogen-bond donors (Lipinski definition) is 0. The van der Waals surface area contributed by atoms with Gasteiger partial charge < -0.3 is 4.90 Å². The van der Waals surface area contributed by atoms with Crippen LogP contribution in [0.5, 0.6) is 0 Å². The first kappa shape index (κ1) is 14.7. The number of nitrogens with zero attached hydrogens (tertiary/aromatic N) is 3. The van der Waals surface area contributed by atoms with Crippen molar-refractivity contribution >= 4 is 17.4 Å². The summed E-state index contributed by atoms with van der Waals surface area (Å²) in [5.74, 6) is 2.68. The lowest BCUT2D eigenvalue weighted by molar-refractivity contribution is 0.312. The zero-order valence-electron chi connectivity index (χ0n) is 12.6. The van der Waals surface area contributed by atoms with Crippen LogP contribution in [-0.4, -0.2) is 22.9 Å². The van der Waals surface area contributed by atoms with Gasteiger partial charge in [0.1, 0.15) is 5.82 Å². The Morgan fingerprint density at radius 2 is 1.95 bits per heavy atom. The van der Waals surface area contributed by atoms with E-state index in [-0.39, 0.29) is 0 Å². The van der Waals surface area contributed by atoms with Crippen molar-refractivity contribution in [3.05, 3.63) is 11.3 Å². The number of aryl methyl sites for hydroxylation is 2. The van der Waals surface area contributed by atoms with Crippen LogP contribution in [0.25, 0.3) is 0 Å². The minimum Gasteiger partial charge on any atom is -0.357 e. The van der Waals surface area contributed by atoms with Crippen LogP contribution in [0.3, 0.4) is 0 Å². The Morgan fingerprint density at radius 3 is 2.47 bits per heavy atom. The molecule has 0 aliphatic heterocycles. The third-order valence-corrected chi connectivity index (χ3v) is 4.99. The summed E-state index contributed by atoms with van der Waals surface area (Å²) in [6, 6.07) is 0.638. The zero-order chi connectivity index (χ0) is 14.0. The monoisotopic (exact) mass is 283 g/mol. The van der Waals surface area contributed by atoms with Crippen LogP contribution < -0.4 is 4.90 Å². The van der Waals surface area contributed by atoms with Crippen molar-refractivity contribution < 1.29 is 0 Å². The third kappa shape index (κ3) is 2.91. The minimum atomic E-state index is 0.545. The molecular formula is C15H26ClN3. The predicted molar refractivity (Wildman–Crippen MR) is 81.9 cm³/mol. The Hall–Kier alpha value is -0.700. The molecule has 0 unspecified atom stereocenters. The lowest BCUT2D eigenvalue weighted by atomic mass is 9.84. The fraction of sp³-hybridized carbons (Fsp3) is 0.800. The molecule has 0 N–H and O–H groups in total. The molecule has 1 fully saturated rings. The zero-order valence-corrected chi connectivity index (χ0v) is 13.4. The summed E-state index contributed by atoms with van der Waals surface area (Å²) in [7, 11) is 4.22. The van der Waals surface area contributed by atoms with E-state index in [9.17, 15) is 0 Å². The van der Waals surface area contributed by atoms with E-state index in [0.29, 0.717) is 11.9 Å². The molecule has 1 aromatic rings. The maximum atomic E-state index is 6.10. The second-order valence-corrected chi connectivity index (χ2v) is 6.11. The molecule has 0 radical (unpaired) electrons. The van der Waals surface area contributed by atoms with Gasteiger partial charge in [-0.1, -0.05) is 13.3 Å². The molecule has 4 heteroatoms. The highest BCUT2D eigenvalue weighted by molar-refractivity contribution is 6.17. The summed E-state index contributed by atoms with van der Waals surface area (Å²) in [4.78, 5) is 2.41. The first-order valence-electron chi connectivity index (χ1n) is 7.39. The van der Waals surface area contributed by atoms with Gasteiger partial charge in [-0.25, -0.2) is 0 Å².